The summed E-state index contributed by atoms with van der Waals surface area (Å²) in [6.07, 6.45) is 7.01. The highest BCUT2D eigenvalue weighted by atomic mass is 16.5. The fourth-order valence-corrected chi connectivity index (χ4v) is 3.80. The number of aromatic amines is 1. The van der Waals surface area contributed by atoms with Crippen LogP contribution in [-0.2, 0) is 16.6 Å². The molecule has 0 saturated heterocycles. The van der Waals surface area contributed by atoms with E-state index in [4.69, 9.17) is 4.74 Å². The van der Waals surface area contributed by atoms with Gasteiger partial charge in [0.15, 0.2) is 0 Å². The molecule has 1 N–H and O–H groups in total. The van der Waals surface area contributed by atoms with Crippen molar-refractivity contribution in [3.8, 4) is 0 Å². The van der Waals surface area contributed by atoms with Gasteiger partial charge in [0, 0.05) is 17.2 Å². The number of H-pyrrole nitrogens is 1. The lowest BCUT2D eigenvalue weighted by Gasteiger charge is -2.35. The predicted octanol–water partition coefficient (Wildman–Crippen LogP) is 4.75. The Bertz CT molecular complexity index is 899. The van der Waals surface area contributed by atoms with Crippen molar-refractivity contribution in [3.05, 3.63) is 101 Å². The Morgan fingerprint density at radius 2 is 1.65 bits per heavy atom. The summed E-state index contributed by atoms with van der Waals surface area (Å²) >= 11 is 0. The first-order valence-corrected chi connectivity index (χ1v) is 8.92. The van der Waals surface area contributed by atoms with Gasteiger partial charge >= 0.3 is 5.97 Å². The zero-order chi connectivity index (χ0) is 18.0. The standard InChI is InChI=1S/C23H21NO2/c1-2-26-22(25)21-20-13-14-23(15-17(20)16-24-21,18-9-5-3-6-10-18)19-11-7-4-8-12-19/h3-14,16,24H,2,15H2,1H3. The Morgan fingerprint density at radius 3 is 2.23 bits per heavy atom. The average Bonchev–Trinajstić information content (AvgIpc) is 3.12. The highest BCUT2D eigenvalue weighted by Crippen LogP contribution is 2.42. The maximum absolute atomic E-state index is 12.2. The van der Waals surface area contributed by atoms with Crippen LogP contribution in [0.5, 0.6) is 0 Å². The molecule has 1 aliphatic carbocycles. The minimum absolute atomic E-state index is 0.246. The van der Waals surface area contributed by atoms with Crippen molar-refractivity contribution in [2.45, 2.75) is 18.8 Å². The average molecular weight is 343 g/mol. The lowest BCUT2D eigenvalue weighted by Crippen LogP contribution is -2.30. The first kappa shape index (κ1) is 16.4. The van der Waals surface area contributed by atoms with Gasteiger partial charge < -0.3 is 9.72 Å². The second-order valence-corrected chi connectivity index (χ2v) is 6.54. The molecule has 0 atom stereocenters. The van der Waals surface area contributed by atoms with Crippen molar-refractivity contribution >= 4 is 12.0 Å². The van der Waals surface area contributed by atoms with Crippen LogP contribution in [0.4, 0.5) is 0 Å². The summed E-state index contributed by atoms with van der Waals surface area (Å²) in [6.45, 7) is 2.19. The van der Waals surface area contributed by atoms with Crippen LogP contribution in [-0.4, -0.2) is 17.6 Å². The van der Waals surface area contributed by atoms with E-state index in [-0.39, 0.29) is 11.4 Å². The largest absolute Gasteiger partial charge is 0.461 e. The topological polar surface area (TPSA) is 42.1 Å². The van der Waals surface area contributed by atoms with Gasteiger partial charge in [-0.2, -0.15) is 0 Å². The summed E-state index contributed by atoms with van der Waals surface area (Å²) in [6, 6.07) is 21.0. The molecular weight excluding hydrogens is 322 g/mol. The van der Waals surface area contributed by atoms with Gasteiger partial charge in [-0.25, -0.2) is 4.79 Å². The van der Waals surface area contributed by atoms with Crippen LogP contribution in [0.15, 0.2) is 72.9 Å². The minimum Gasteiger partial charge on any atom is -0.461 e. The summed E-state index contributed by atoms with van der Waals surface area (Å²) in [5.74, 6) is -0.301. The normalized spacial score (nSPS) is 14.7. The number of rotatable bonds is 4. The van der Waals surface area contributed by atoms with Gasteiger partial charge in [0.25, 0.3) is 0 Å². The summed E-state index contributed by atoms with van der Waals surface area (Å²) < 4.78 is 5.17. The fourth-order valence-electron chi connectivity index (χ4n) is 3.80. The van der Waals surface area contributed by atoms with Gasteiger partial charge in [-0.1, -0.05) is 72.8 Å². The Labute approximate surface area is 153 Å². The van der Waals surface area contributed by atoms with E-state index in [1.165, 1.54) is 11.1 Å². The molecule has 0 saturated carbocycles. The van der Waals surface area contributed by atoms with Crippen molar-refractivity contribution in [1.29, 1.82) is 0 Å². The molecule has 0 spiro atoms. The third-order valence-electron chi connectivity index (χ3n) is 5.07. The molecule has 3 heteroatoms. The van der Waals surface area contributed by atoms with Gasteiger partial charge in [-0.3, -0.25) is 0 Å². The van der Waals surface area contributed by atoms with Crippen LogP contribution >= 0.6 is 0 Å². The fraction of sp³-hybridized carbons (Fsp3) is 0.174. The number of hydrogen-bond donors (Lipinski definition) is 1. The van der Waals surface area contributed by atoms with Gasteiger partial charge in [-0.05, 0) is 30.0 Å². The van der Waals surface area contributed by atoms with Crippen molar-refractivity contribution in [1.82, 2.24) is 4.98 Å². The van der Waals surface area contributed by atoms with E-state index in [0.717, 1.165) is 17.5 Å². The molecule has 0 bridgehead atoms. The first-order valence-electron chi connectivity index (χ1n) is 8.92. The van der Waals surface area contributed by atoms with Crippen LogP contribution < -0.4 is 0 Å². The number of nitrogens with one attached hydrogen (secondary N) is 1. The number of benzene rings is 2. The molecule has 4 rings (SSSR count). The van der Waals surface area contributed by atoms with E-state index >= 15 is 0 Å². The maximum atomic E-state index is 12.2. The molecule has 0 radical (unpaired) electrons. The number of carbonyl (C=O) groups is 1. The van der Waals surface area contributed by atoms with E-state index in [2.05, 4.69) is 65.7 Å². The second-order valence-electron chi connectivity index (χ2n) is 6.54. The third kappa shape index (κ3) is 2.66. The Morgan fingerprint density at radius 1 is 1.04 bits per heavy atom. The molecule has 0 aliphatic heterocycles. The number of ether oxygens (including phenoxy) is 1. The number of esters is 1. The predicted molar refractivity (Wildman–Crippen MR) is 103 cm³/mol. The molecule has 3 nitrogen and oxygen atoms in total. The minimum atomic E-state index is -0.301. The first-order chi connectivity index (χ1) is 12.7. The lowest BCUT2D eigenvalue weighted by molar-refractivity contribution is 0.0520. The highest BCUT2D eigenvalue weighted by molar-refractivity contribution is 5.93. The molecule has 3 aromatic rings. The summed E-state index contributed by atoms with van der Waals surface area (Å²) in [5.41, 5.74) is 4.84. The molecule has 0 unspecified atom stereocenters. The number of aromatic nitrogens is 1. The molecule has 0 amide bonds. The lowest BCUT2D eigenvalue weighted by atomic mass is 9.68. The van der Waals surface area contributed by atoms with Crippen molar-refractivity contribution in [3.63, 3.8) is 0 Å². The smallest absolute Gasteiger partial charge is 0.355 e. The second kappa shape index (κ2) is 6.68. The van der Waals surface area contributed by atoms with Crippen LogP contribution in [0.2, 0.25) is 0 Å². The number of hydrogen-bond acceptors (Lipinski definition) is 2. The van der Waals surface area contributed by atoms with E-state index < -0.39 is 0 Å². The molecular formula is C23H21NO2. The highest BCUT2D eigenvalue weighted by Gasteiger charge is 2.36. The van der Waals surface area contributed by atoms with Crippen LogP contribution in [0.25, 0.3) is 6.08 Å². The van der Waals surface area contributed by atoms with Crippen molar-refractivity contribution < 1.29 is 9.53 Å². The molecule has 1 aromatic heterocycles. The maximum Gasteiger partial charge on any atom is 0.355 e. The van der Waals surface area contributed by atoms with Crippen LogP contribution in [0.1, 0.15) is 39.7 Å². The SMILES string of the molecule is CCOC(=O)c1[nH]cc2c1C=CC(c1ccccc1)(c1ccccc1)C2. The van der Waals surface area contributed by atoms with E-state index in [0.29, 0.717) is 12.3 Å². The van der Waals surface area contributed by atoms with E-state index in [1.54, 1.807) is 0 Å². The molecule has 130 valence electrons. The Kier molecular flexibility index (Phi) is 4.21. The van der Waals surface area contributed by atoms with Gasteiger partial charge in [0.2, 0.25) is 0 Å². The summed E-state index contributed by atoms with van der Waals surface area (Å²) in [7, 11) is 0. The summed E-state index contributed by atoms with van der Waals surface area (Å²) in [4.78, 5) is 15.3. The zero-order valence-electron chi connectivity index (χ0n) is 14.7. The monoisotopic (exact) mass is 343 g/mol. The number of carbonyl (C=O) groups excluding carboxylic acids is 1. The third-order valence-corrected chi connectivity index (χ3v) is 5.07. The zero-order valence-corrected chi connectivity index (χ0v) is 14.7. The quantitative estimate of drug-likeness (QED) is 0.695. The Balaban J connectivity index is 1.83. The van der Waals surface area contributed by atoms with Crippen LogP contribution in [0.3, 0.4) is 0 Å². The molecule has 1 aliphatic rings. The van der Waals surface area contributed by atoms with Crippen LogP contribution in [0, 0.1) is 0 Å². The molecule has 26 heavy (non-hydrogen) atoms. The molecule has 1 heterocycles. The van der Waals surface area contributed by atoms with Gasteiger partial charge in [0.05, 0.1) is 6.61 Å². The van der Waals surface area contributed by atoms with Crippen molar-refractivity contribution in [2.75, 3.05) is 6.61 Å². The van der Waals surface area contributed by atoms with E-state index in [1.807, 2.05) is 25.3 Å². The van der Waals surface area contributed by atoms with Gasteiger partial charge in [-0.15, -0.1) is 0 Å². The molecule has 0 fully saturated rings. The number of fused-ring (bicyclic) bond motifs is 1. The molecule has 2 aromatic carbocycles. The number of allylic oxidation sites excluding steroid dienone is 1. The Hall–Kier alpha value is -3.07. The summed E-state index contributed by atoms with van der Waals surface area (Å²) in [5, 5.41) is 0. The van der Waals surface area contributed by atoms with E-state index in [9.17, 15) is 4.79 Å². The van der Waals surface area contributed by atoms with Crippen molar-refractivity contribution in [2.24, 2.45) is 0 Å². The van der Waals surface area contributed by atoms with Gasteiger partial charge in [0.1, 0.15) is 5.69 Å².